The van der Waals surface area contributed by atoms with Gasteiger partial charge in [0, 0.05) is 23.0 Å². The predicted molar refractivity (Wildman–Crippen MR) is 105 cm³/mol. The van der Waals surface area contributed by atoms with Crippen molar-refractivity contribution in [3.05, 3.63) is 69.3 Å². The number of H-pyrrole nitrogens is 1. The number of anilines is 1. The number of nitrogens with zero attached hydrogens (tertiary/aromatic N) is 2. The van der Waals surface area contributed by atoms with Crippen molar-refractivity contribution >= 4 is 5.82 Å². The molecule has 2 N–H and O–H groups in total. The van der Waals surface area contributed by atoms with Gasteiger partial charge >= 0.3 is 0 Å². The number of methoxy groups -OCH3 is 1. The number of ether oxygens (including phenoxy) is 1. The number of rotatable bonds is 4. The van der Waals surface area contributed by atoms with E-state index in [1.54, 1.807) is 20.2 Å². The average molecular weight is 362 g/mol. The van der Waals surface area contributed by atoms with Crippen LogP contribution in [0.25, 0.3) is 11.4 Å². The van der Waals surface area contributed by atoms with Crippen molar-refractivity contribution in [3.63, 3.8) is 0 Å². The quantitative estimate of drug-likeness (QED) is 0.742. The van der Waals surface area contributed by atoms with E-state index in [-0.39, 0.29) is 11.6 Å². The number of benzene rings is 1. The number of aromatic nitrogens is 3. The first-order valence-corrected chi connectivity index (χ1v) is 9.03. The zero-order valence-electron chi connectivity index (χ0n) is 15.7. The van der Waals surface area contributed by atoms with Gasteiger partial charge < -0.3 is 15.0 Å². The van der Waals surface area contributed by atoms with Crippen LogP contribution in [0.5, 0.6) is 5.75 Å². The summed E-state index contributed by atoms with van der Waals surface area (Å²) in [5, 5.41) is 3.50. The summed E-state index contributed by atoms with van der Waals surface area (Å²) in [6.45, 7) is 3.61. The summed E-state index contributed by atoms with van der Waals surface area (Å²) in [6, 6.07) is 10.2. The van der Waals surface area contributed by atoms with Gasteiger partial charge in [-0.1, -0.05) is 12.1 Å². The SMILES string of the molecule is COc1cccc2c1CCC2Nc1ccc(-c2nc(C)c(C)c(=O)[nH]2)cn1. The molecule has 2 heterocycles. The number of hydrogen-bond acceptors (Lipinski definition) is 5. The van der Waals surface area contributed by atoms with Crippen LogP contribution in [0, 0.1) is 13.8 Å². The molecule has 27 heavy (non-hydrogen) atoms. The molecule has 0 saturated heterocycles. The topological polar surface area (TPSA) is 79.9 Å². The molecule has 0 fully saturated rings. The fraction of sp³-hybridized carbons (Fsp3) is 0.286. The first-order chi connectivity index (χ1) is 13.1. The maximum Gasteiger partial charge on any atom is 0.254 e. The minimum atomic E-state index is -0.115. The van der Waals surface area contributed by atoms with E-state index >= 15 is 0 Å². The number of hydrogen-bond donors (Lipinski definition) is 2. The highest BCUT2D eigenvalue weighted by Crippen LogP contribution is 2.38. The normalized spacial score (nSPS) is 15.4. The van der Waals surface area contributed by atoms with Gasteiger partial charge in [-0.2, -0.15) is 0 Å². The zero-order chi connectivity index (χ0) is 19.0. The van der Waals surface area contributed by atoms with Crippen LogP contribution >= 0.6 is 0 Å². The summed E-state index contributed by atoms with van der Waals surface area (Å²) >= 11 is 0. The molecule has 0 spiro atoms. The van der Waals surface area contributed by atoms with Gasteiger partial charge in [-0.25, -0.2) is 9.97 Å². The molecule has 0 aliphatic heterocycles. The minimum absolute atomic E-state index is 0.115. The largest absolute Gasteiger partial charge is 0.496 e. The Morgan fingerprint density at radius 3 is 2.78 bits per heavy atom. The molecule has 1 unspecified atom stereocenters. The van der Waals surface area contributed by atoms with Crippen molar-refractivity contribution in [3.8, 4) is 17.1 Å². The monoisotopic (exact) mass is 362 g/mol. The van der Waals surface area contributed by atoms with Gasteiger partial charge in [-0.05, 0) is 56.0 Å². The standard InChI is InChI=1S/C21H22N4O2/c1-12-13(2)23-20(25-21(12)26)14-7-10-19(22-11-14)24-17-9-8-16-15(17)5-4-6-18(16)27-3/h4-7,10-11,17H,8-9H2,1-3H3,(H,22,24)(H,23,25,26). The lowest BCUT2D eigenvalue weighted by molar-refractivity contribution is 0.410. The third kappa shape index (κ3) is 3.18. The molecule has 1 aliphatic carbocycles. The van der Waals surface area contributed by atoms with E-state index in [4.69, 9.17) is 4.74 Å². The lowest BCUT2D eigenvalue weighted by Gasteiger charge is -2.15. The Labute approximate surface area is 157 Å². The number of aromatic amines is 1. The van der Waals surface area contributed by atoms with Crippen LogP contribution in [-0.2, 0) is 6.42 Å². The molecule has 0 amide bonds. The van der Waals surface area contributed by atoms with Gasteiger partial charge in [0.2, 0.25) is 0 Å². The predicted octanol–water partition coefficient (Wildman–Crippen LogP) is 3.56. The molecule has 2 aromatic heterocycles. The second kappa shape index (κ2) is 6.87. The van der Waals surface area contributed by atoms with E-state index < -0.39 is 0 Å². The fourth-order valence-electron chi connectivity index (χ4n) is 3.54. The second-order valence-electron chi connectivity index (χ2n) is 6.82. The molecule has 1 atom stereocenters. The summed E-state index contributed by atoms with van der Waals surface area (Å²) in [5.41, 5.74) is 4.57. The van der Waals surface area contributed by atoms with Crippen molar-refractivity contribution in [1.82, 2.24) is 15.0 Å². The van der Waals surface area contributed by atoms with Crippen LogP contribution < -0.4 is 15.6 Å². The maximum absolute atomic E-state index is 12.0. The lowest BCUT2D eigenvalue weighted by atomic mass is 10.1. The maximum atomic E-state index is 12.0. The summed E-state index contributed by atoms with van der Waals surface area (Å²) in [7, 11) is 1.71. The molecule has 1 aromatic carbocycles. The molecule has 0 bridgehead atoms. The summed E-state index contributed by atoms with van der Waals surface area (Å²) < 4.78 is 5.47. The highest BCUT2D eigenvalue weighted by molar-refractivity contribution is 5.57. The highest BCUT2D eigenvalue weighted by Gasteiger charge is 2.25. The van der Waals surface area contributed by atoms with E-state index in [2.05, 4.69) is 26.3 Å². The molecular weight excluding hydrogens is 340 g/mol. The van der Waals surface area contributed by atoms with Crippen molar-refractivity contribution in [2.24, 2.45) is 0 Å². The second-order valence-corrected chi connectivity index (χ2v) is 6.82. The molecule has 6 nitrogen and oxygen atoms in total. The highest BCUT2D eigenvalue weighted by atomic mass is 16.5. The Morgan fingerprint density at radius 1 is 1.22 bits per heavy atom. The van der Waals surface area contributed by atoms with Gasteiger partial charge in [0.15, 0.2) is 0 Å². The van der Waals surface area contributed by atoms with Crippen LogP contribution in [0.2, 0.25) is 0 Å². The van der Waals surface area contributed by atoms with E-state index in [9.17, 15) is 4.79 Å². The number of aryl methyl sites for hydroxylation is 1. The molecule has 6 heteroatoms. The van der Waals surface area contributed by atoms with Gasteiger partial charge in [-0.3, -0.25) is 4.79 Å². The summed E-state index contributed by atoms with van der Waals surface area (Å²) in [4.78, 5) is 23.7. The van der Waals surface area contributed by atoms with Crippen LogP contribution in [0.3, 0.4) is 0 Å². The van der Waals surface area contributed by atoms with Crippen LogP contribution in [0.1, 0.15) is 34.8 Å². The Balaban J connectivity index is 1.56. The van der Waals surface area contributed by atoms with Gasteiger partial charge in [0.05, 0.1) is 13.2 Å². The van der Waals surface area contributed by atoms with E-state index in [1.165, 1.54) is 11.1 Å². The van der Waals surface area contributed by atoms with Crippen LogP contribution in [-0.4, -0.2) is 22.1 Å². The van der Waals surface area contributed by atoms with E-state index in [1.807, 2.05) is 31.2 Å². The van der Waals surface area contributed by atoms with Crippen LogP contribution in [0.15, 0.2) is 41.3 Å². The van der Waals surface area contributed by atoms with Crippen molar-refractivity contribution in [1.29, 1.82) is 0 Å². The van der Waals surface area contributed by atoms with Crippen LogP contribution in [0.4, 0.5) is 5.82 Å². The molecule has 0 saturated carbocycles. The summed E-state index contributed by atoms with van der Waals surface area (Å²) in [5.74, 6) is 2.29. The van der Waals surface area contributed by atoms with Crippen molar-refractivity contribution < 1.29 is 4.74 Å². The Morgan fingerprint density at radius 2 is 2.07 bits per heavy atom. The molecule has 1 aliphatic rings. The third-order valence-corrected chi connectivity index (χ3v) is 5.20. The van der Waals surface area contributed by atoms with Gasteiger partial charge in [0.1, 0.15) is 17.4 Å². The molecule has 4 rings (SSSR count). The third-order valence-electron chi connectivity index (χ3n) is 5.20. The molecule has 0 radical (unpaired) electrons. The molecule has 138 valence electrons. The lowest BCUT2D eigenvalue weighted by Crippen LogP contribution is -2.14. The van der Waals surface area contributed by atoms with Crippen molar-refractivity contribution in [2.75, 3.05) is 12.4 Å². The zero-order valence-corrected chi connectivity index (χ0v) is 15.7. The smallest absolute Gasteiger partial charge is 0.254 e. The number of pyridine rings is 1. The Hall–Kier alpha value is -3.15. The summed E-state index contributed by atoms with van der Waals surface area (Å²) in [6.07, 6.45) is 3.73. The fourth-order valence-corrected chi connectivity index (χ4v) is 3.54. The van der Waals surface area contributed by atoms with Crippen molar-refractivity contribution in [2.45, 2.75) is 32.7 Å². The Bertz CT molecular complexity index is 1040. The van der Waals surface area contributed by atoms with Gasteiger partial charge in [0.25, 0.3) is 5.56 Å². The van der Waals surface area contributed by atoms with E-state index in [0.717, 1.165) is 35.7 Å². The number of fused-ring (bicyclic) bond motifs is 1. The number of nitrogens with one attached hydrogen (secondary N) is 2. The first-order valence-electron chi connectivity index (χ1n) is 9.03. The minimum Gasteiger partial charge on any atom is -0.496 e. The first kappa shape index (κ1) is 17.3. The molecule has 3 aromatic rings. The Kier molecular flexibility index (Phi) is 4.39. The van der Waals surface area contributed by atoms with Gasteiger partial charge in [-0.15, -0.1) is 0 Å². The molecular formula is C21H22N4O2. The van der Waals surface area contributed by atoms with E-state index in [0.29, 0.717) is 11.4 Å². The average Bonchev–Trinajstić information content (AvgIpc) is 3.09.